The normalized spacial score (nSPS) is 17.8. The molecular weight excluding hydrogens is 406 g/mol. The number of fused-ring (bicyclic) bond motifs is 2. The van der Waals surface area contributed by atoms with Crippen LogP contribution in [0.4, 0.5) is 0 Å². The number of rotatable bonds is 2. The van der Waals surface area contributed by atoms with E-state index in [0.29, 0.717) is 16.6 Å². The van der Waals surface area contributed by atoms with Crippen molar-refractivity contribution in [1.82, 2.24) is 15.2 Å². The van der Waals surface area contributed by atoms with Crippen LogP contribution < -0.4 is 10.1 Å². The smallest absolute Gasteiger partial charge is 0.238 e. The Morgan fingerprint density at radius 2 is 1.71 bits per heavy atom. The molecule has 1 fully saturated rings. The molecule has 2 aliphatic heterocycles. The fourth-order valence-electron chi connectivity index (χ4n) is 4.54. The van der Waals surface area contributed by atoms with Gasteiger partial charge in [-0.2, -0.15) is 0 Å². The first-order chi connectivity index (χ1) is 15.2. The molecule has 2 aliphatic rings. The molecule has 2 aromatic carbocycles. The fraction of sp³-hybridized carbons (Fsp3) is 0.240. The van der Waals surface area contributed by atoms with Crippen molar-refractivity contribution in [3.8, 4) is 11.5 Å². The van der Waals surface area contributed by atoms with E-state index in [1.807, 2.05) is 60.8 Å². The van der Waals surface area contributed by atoms with Crippen molar-refractivity contribution in [2.75, 3.05) is 6.54 Å². The van der Waals surface area contributed by atoms with E-state index in [2.05, 4.69) is 21.3 Å². The van der Waals surface area contributed by atoms with Crippen LogP contribution in [0.5, 0.6) is 11.5 Å². The van der Waals surface area contributed by atoms with Gasteiger partial charge in [0.15, 0.2) is 5.11 Å². The molecule has 0 spiro atoms. The summed E-state index contributed by atoms with van der Waals surface area (Å²) >= 11 is 5.74. The summed E-state index contributed by atoms with van der Waals surface area (Å²) in [4.78, 5) is 19.9. The predicted molar refractivity (Wildman–Crippen MR) is 123 cm³/mol. The van der Waals surface area contributed by atoms with E-state index >= 15 is 0 Å². The maximum atomic E-state index is 13.5. The molecule has 1 atom stereocenters. The minimum Gasteiger partial charge on any atom is -0.457 e. The van der Waals surface area contributed by atoms with Gasteiger partial charge in [0.25, 0.3) is 0 Å². The molecule has 3 heterocycles. The molecule has 0 saturated carbocycles. The van der Waals surface area contributed by atoms with Gasteiger partial charge in [-0.1, -0.05) is 42.5 Å². The highest BCUT2D eigenvalue weighted by molar-refractivity contribution is 7.80. The number of nitrogens with zero attached hydrogens (tertiary/aromatic N) is 2. The Morgan fingerprint density at radius 1 is 1.00 bits per heavy atom. The van der Waals surface area contributed by atoms with Crippen LogP contribution in [0.3, 0.4) is 0 Å². The molecule has 1 aromatic heterocycles. The summed E-state index contributed by atoms with van der Waals surface area (Å²) in [6, 6.07) is 19.5. The van der Waals surface area contributed by atoms with Gasteiger partial charge in [0.1, 0.15) is 11.5 Å². The van der Waals surface area contributed by atoms with E-state index in [0.717, 1.165) is 42.5 Å². The van der Waals surface area contributed by atoms with Gasteiger partial charge in [0.05, 0.1) is 12.0 Å². The van der Waals surface area contributed by atoms with Gasteiger partial charge in [-0.25, -0.2) is 0 Å². The second-order valence-electron chi connectivity index (χ2n) is 7.90. The van der Waals surface area contributed by atoms with Gasteiger partial charge < -0.3 is 15.0 Å². The number of carbonyl (C=O) groups excluding carboxylic acids is 1. The average molecular weight is 430 g/mol. The third-order valence-corrected chi connectivity index (χ3v) is 6.34. The van der Waals surface area contributed by atoms with Gasteiger partial charge in [-0.3, -0.25) is 9.78 Å². The lowest BCUT2D eigenvalue weighted by Gasteiger charge is -2.38. The molecule has 3 aromatic rings. The zero-order chi connectivity index (χ0) is 21.2. The van der Waals surface area contributed by atoms with Crippen molar-refractivity contribution in [3.63, 3.8) is 0 Å². The van der Waals surface area contributed by atoms with Gasteiger partial charge in [-0.05, 0) is 55.2 Å². The van der Waals surface area contributed by atoms with E-state index in [-0.39, 0.29) is 11.9 Å². The summed E-state index contributed by atoms with van der Waals surface area (Å²) < 4.78 is 6.02. The summed E-state index contributed by atoms with van der Waals surface area (Å²) in [6.45, 7) is 0.819. The van der Waals surface area contributed by atoms with Crippen LogP contribution in [0.1, 0.15) is 47.9 Å². The summed E-state index contributed by atoms with van der Waals surface area (Å²) in [6.07, 6.45) is 6.84. The molecule has 156 valence electrons. The second-order valence-corrected chi connectivity index (χ2v) is 8.28. The lowest BCUT2D eigenvalue weighted by atomic mass is 9.87. The monoisotopic (exact) mass is 429 g/mol. The number of para-hydroxylation sites is 2. The third-order valence-electron chi connectivity index (χ3n) is 6.01. The maximum Gasteiger partial charge on any atom is 0.238 e. The lowest BCUT2D eigenvalue weighted by Crippen LogP contribution is -2.48. The van der Waals surface area contributed by atoms with Gasteiger partial charge in [0, 0.05) is 30.1 Å². The zero-order valence-electron chi connectivity index (χ0n) is 17.0. The van der Waals surface area contributed by atoms with Crippen molar-refractivity contribution < 1.29 is 9.53 Å². The number of aromatic nitrogens is 1. The van der Waals surface area contributed by atoms with E-state index in [1.54, 1.807) is 6.20 Å². The van der Waals surface area contributed by atoms with E-state index in [1.165, 1.54) is 0 Å². The first-order valence-electron chi connectivity index (χ1n) is 10.6. The second kappa shape index (κ2) is 8.47. The zero-order valence-corrected chi connectivity index (χ0v) is 17.8. The molecule has 31 heavy (non-hydrogen) atoms. The number of hydrogen-bond donors (Lipinski definition) is 1. The predicted octanol–water partition coefficient (Wildman–Crippen LogP) is 4.95. The quantitative estimate of drug-likeness (QED) is 0.585. The minimum atomic E-state index is -0.472. The summed E-state index contributed by atoms with van der Waals surface area (Å²) in [7, 11) is 0. The van der Waals surface area contributed by atoms with Gasteiger partial charge in [-0.15, -0.1) is 0 Å². The maximum absolute atomic E-state index is 13.5. The number of benzene rings is 2. The van der Waals surface area contributed by atoms with Crippen LogP contribution >= 0.6 is 12.2 Å². The average Bonchev–Trinajstić information content (AvgIpc) is 2.83. The highest BCUT2D eigenvalue weighted by Gasteiger charge is 2.34. The van der Waals surface area contributed by atoms with Crippen LogP contribution in [-0.2, 0) is 4.79 Å². The third kappa shape index (κ3) is 3.79. The Labute approximate surface area is 187 Å². The largest absolute Gasteiger partial charge is 0.457 e. The van der Waals surface area contributed by atoms with Crippen molar-refractivity contribution in [2.45, 2.75) is 31.2 Å². The Balaban J connectivity index is 1.42. The summed E-state index contributed by atoms with van der Waals surface area (Å²) in [5.41, 5.74) is 2.83. The Hall–Kier alpha value is -3.25. The van der Waals surface area contributed by atoms with Crippen molar-refractivity contribution in [1.29, 1.82) is 0 Å². The van der Waals surface area contributed by atoms with Crippen molar-refractivity contribution in [3.05, 3.63) is 89.7 Å². The van der Waals surface area contributed by atoms with E-state index in [9.17, 15) is 4.79 Å². The van der Waals surface area contributed by atoms with Crippen LogP contribution in [0.15, 0.2) is 73.1 Å². The molecule has 0 unspecified atom stereocenters. The van der Waals surface area contributed by atoms with Crippen LogP contribution in [0.2, 0.25) is 0 Å². The molecule has 1 amide bonds. The SMILES string of the molecule is O=C(NC(=S)N1CCCC[C@@H]1c1cccnc1)C1c2ccccc2Oc2ccccc21. The molecule has 5 rings (SSSR count). The fourth-order valence-corrected chi connectivity index (χ4v) is 4.86. The topological polar surface area (TPSA) is 54.5 Å². The molecule has 1 saturated heterocycles. The molecule has 1 N–H and O–H groups in total. The van der Waals surface area contributed by atoms with E-state index < -0.39 is 5.92 Å². The van der Waals surface area contributed by atoms with Gasteiger partial charge in [0.2, 0.25) is 5.91 Å². The van der Waals surface area contributed by atoms with Crippen LogP contribution in [0, 0.1) is 0 Å². The molecule has 0 radical (unpaired) electrons. The highest BCUT2D eigenvalue weighted by Crippen LogP contribution is 2.44. The number of carbonyl (C=O) groups is 1. The number of hydrogen-bond acceptors (Lipinski definition) is 4. The Bertz CT molecular complexity index is 1070. The lowest BCUT2D eigenvalue weighted by molar-refractivity contribution is -0.120. The van der Waals surface area contributed by atoms with Crippen molar-refractivity contribution >= 4 is 23.2 Å². The summed E-state index contributed by atoms with van der Waals surface area (Å²) in [5.74, 6) is 0.807. The number of likely N-dealkylation sites (tertiary alicyclic amines) is 1. The number of ether oxygens (including phenoxy) is 1. The Morgan fingerprint density at radius 3 is 2.39 bits per heavy atom. The summed E-state index contributed by atoms with van der Waals surface area (Å²) in [5, 5.41) is 3.52. The number of piperidine rings is 1. The number of pyridine rings is 1. The first kappa shape index (κ1) is 19.7. The van der Waals surface area contributed by atoms with E-state index in [4.69, 9.17) is 17.0 Å². The molecule has 5 nitrogen and oxygen atoms in total. The number of amides is 1. The van der Waals surface area contributed by atoms with Crippen molar-refractivity contribution in [2.24, 2.45) is 0 Å². The Kier molecular flexibility index (Phi) is 5.38. The standard InChI is InChI=1S/C25H23N3O2S/c29-24(23-18-9-1-3-12-21(18)30-22-13-4-2-10-19(22)23)27-25(31)28-15-6-5-11-20(28)17-8-7-14-26-16-17/h1-4,7-10,12-14,16,20,23H,5-6,11,15H2,(H,27,29,31)/t20-/m1/s1. The van der Waals surface area contributed by atoms with Gasteiger partial charge >= 0.3 is 0 Å². The highest BCUT2D eigenvalue weighted by atomic mass is 32.1. The minimum absolute atomic E-state index is 0.129. The molecule has 6 heteroatoms. The van der Waals surface area contributed by atoms with Crippen LogP contribution in [-0.4, -0.2) is 27.4 Å². The molecule has 0 aliphatic carbocycles. The molecular formula is C25H23N3O2S. The molecule has 0 bridgehead atoms. The number of thiocarbonyl (C=S) groups is 1. The van der Waals surface area contributed by atoms with Crippen LogP contribution in [0.25, 0.3) is 0 Å². The first-order valence-corrected chi connectivity index (χ1v) is 11.0. The number of nitrogens with one attached hydrogen (secondary N) is 1.